The third-order valence-electron chi connectivity index (χ3n) is 5.81. The van der Waals surface area contributed by atoms with Crippen molar-refractivity contribution in [2.24, 2.45) is 0 Å². The second kappa shape index (κ2) is 7.36. The fraction of sp³-hybridized carbons (Fsp3) is 0.381. The summed E-state index contributed by atoms with van der Waals surface area (Å²) in [6.45, 7) is 1.40. The average molecular weight is 434 g/mol. The highest BCUT2D eigenvalue weighted by Crippen LogP contribution is 2.47. The van der Waals surface area contributed by atoms with E-state index in [1.807, 2.05) is 0 Å². The van der Waals surface area contributed by atoms with Gasteiger partial charge in [-0.3, -0.25) is 4.79 Å². The van der Waals surface area contributed by atoms with Crippen LogP contribution in [-0.4, -0.2) is 77.6 Å². The number of ether oxygens (including phenoxy) is 2. The van der Waals surface area contributed by atoms with Crippen molar-refractivity contribution in [2.75, 3.05) is 0 Å². The number of rotatable bonds is 2. The van der Waals surface area contributed by atoms with Crippen molar-refractivity contribution in [3.8, 4) is 23.0 Å². The van der Waals surface area contributed by atoms with E-state index in [-0.39, 0.29) is 22.6 Å². The number of Topliss-reactive ketones (excluding diaryl/α,β-unsaturated/α-hetero) is 1. The number of carbonyl (C=O) groups excluding carboxylic acids is 1. The predicted octanol–water partition coefficient (Wildman–Crippen LogP) is -0.279. The van der Waals surface area contributed by atoms with Crippen molar-refractivity contribution in [3.05, 3.63) is 47.5 Å². The number of hydrogen-bond acceptors (Lipinski definition) is 10. The summed E-state index contributed by atoms with van der Waals surface area (Å²) in [5.74, 6) is -2.19. The van der Waals surface area contributed by atoms with Gasteiger partial charge in [-0.1, -0.05) is 6.07 Å². The Kier molecular flexibility index (Phi) is 5.07. The van der Waals surface area contributed by atoms with Gasteiger partial charge >= 0.3 is 0 Å². The van der Waals surface area contributed by atoms with Crippen LogP contribution in [0.4, 0.5) is 0 Å². The highest BCUT2D eigenvalue weighted by atomic mass is 16.6. The summed E-state index contributed by atoms with van der Waals surface area (Å²) >= 11 is 0. The molecule has 0 radical (unpaired) electrons. The summed E-state index contributed by atoms with van der Waals surface area (Å²) in [7, 11) is 0. The lowest BCUT2D eigenvalue weighted by Gasteiger charge is -2.49. The fourth-order valence-electron chi connectivity index (χ4n) is 4.07. The lowest BCUT2D eigenvalue weighted by atomic mass is 9.73. The molecule has 7 N–H and O–H groups in total. The first-order valence-electron chi connectivity index (χ1n) is 9.54. The van der Waals surface area contributed by atoms with Crippen LogP contribution in [0.15, 0.2) is 36.4 Å². The second-order valence-corrected chi connectivity index (χ2v) is 7.81. The Balaban J connectivity index is 1.89. The maximum atomic E-state index is 13.5. The monoisotopic (exact) mass is 434 g/mol. The minimum Gasteiger partial charge on any atom is -0.508 e. The quantitative estimate of drug-likeness (QED) is 0.311. The molecule has 0 amide bonds. The van der Waals surface area contributed by atoms with Crippen molar-refractivity contribution in [1.29, 1.82) is 0 Å². The topological polar surface area (TPSA) is 177 Å². The SMILES string of the molecule is C[C@@H]1OC(C2(O)C(=O)c3ccc(O)cc3OC2c2ccc(O)c(O)c2)[C@H](O)[C@H](O)[C@H]1O. The van der Waals surface area contributed by atoms with Crippen LogP contribution in [0.3, 0.4) is 0 Å². The van der Waals surface area contributed by atoms with Gasteiger partial charge in [-0.15, -0.1) is 0 Å². The molecule has 0 spiro atoms. The van der Waals surface area contributed by atoms with Gasteiger partial charge in [-0.25, -0.2) is 0 Å². The van der Waals surface area contributed by atoms with E-state index in [4.69, 9.17) is 9.47 Å². The first-order chi connectivity index (χ1) is 14.6. The Hall–Kier alpha value is -2.89. The molecule has 3 unspecified atom stereocenters. The van der Waals surface area contributed by atoms with Crippen LogP contribution in [0.1, 0.15) is 28.9 Å². The minimum absolute atomic E-state index is 0.0456. The number of fused-ring (bicyclic) bond motifs is 1. The van der Waals surface area contributed by atoms with Crippen molar-refractivity contribution in [1.82, 2.24) is 0 Å². The van der Waals surface area contributed by atoms with Gasteiger partial charge < -0.3 is 45.2 Å². The fourth-order valence-corrected chi connectivity index (χ4v) is 4.07. The Bertz CT molecular complexity index is 1020. The molecule has 2 aliphatic rings. The molecular weight excluding hydrogens is 412 g/mol. The molecule has 0 aliphatic carbocycles. The number of carbonyl (C=O) groups is 1. The van der Waals surface area contributed by atoms with Crippen molar-refractivity contribution in [3.63, 3.8) is 0 Å². The molecule has 2 aliphatic heterocycles. The maximum Gasteiger partial charge on any atom is 0.205 e. The largest absolute Gasteiger partial charge is 0.508 e. The Morgan fingerprint density at radius 1 is 0.903 bits per heavy atom. The Morgan fingerprint density at radius 2 is 1.61 bits per heavy atom. The number of aliphatic hydroxyl groups is 4. The molecule has 166 valence electrons. The molecule has 31 heavy (non-hydrogen) atoms. The summed E-state index contributed by atoms with van der Waals surface area (Å²) in [5.41, 5.74) is -2.67. The van der Waals surface area contributed by atoms with Crippen LogP contribution < -0.4 is 4.74 Å². The molecule has 4 rings (SSSR count). The molecule has 2 aromatic rings. The van der Waals surface area contributed by atoms with Crippen LogP contribution in [0, 0.1) is 0 Å². The zero-order valence-corrected chi connectivity index (χ0v) is 16.3. The zero-order valence-electron chi connectivity index (χ0n) is 16.3. The van der Waals surface area contributed by atoms with E-state index < -0.39 is 59.5 Å². The molecule has 1 saturated heterocycles. The number of phenols is 3. The van der Waals surface area contributed by atoms with Gasteiger partial charge in [0.2, 0.25) is 5.78 Å². The molecule has 0 aromatic heterocycles. The van der Waals surface area contributed by atoms with Crippen molar-refractivity contribution in [2.45, 2.75) is 49.1 Å². The molecule has 0 saturated carbocycles. The van der Waals surface area contributed by atoms with Crippen LogP contribution in [0.2, 0.25) is 0 Å². The summed E-state index contributed by atoms with van der Waals surface area (Å²) < 4.78 is 11.4. The van der Waals surface area contributed by atoms with E-state index in [0.29, 0.717) is 0 Å². The third-order valence-corrected chi connectivity index (χ3v) is 5.81. The Morgan fingerprint density at radius 3 is 2.29 bits per heavy atom. The summed E-state index contributed by atoms with van der Waals surface area (Å²) in [6.07, 6.45) is -9.40. The first kappa shape index (κ1) is 21.3. The number of ketones is 1. The minimum atomic E-state index is -2.61. The molecule has 0 bridgehead atoms. The molecule has 2 aromatic carbocycles. The van der Waals surface area contributed by atoms with Crippen molar-refractivity contribution >= 4 is 5.78 Å². The summed E-state index contributed by atoms with van der Waals surface area (Å²) in [6, 6.07) is 7.08. The Labute approximate surface area is 176 Å². The lowest BCUT2D eigenvalue weighted by molar-refractivity contribution is -0.264. The molecule has 7 atom stereocenters. The molecule has 1 fully saturated rings. The average Bonchev–Trinajstić information content (AvgIpc) is 2.73. The van der Waals surface area contributed by atoms with Crippen LogP contribution >= 0.6 is 0 Å². The van der Waals surface area contributed by atoms with Crippen LogP contribution in [0.25, 0.3) is 0 Å². The predicted molar refractivity (Wildman–Crippen MR) is 103 cm³/mol. The van der Waals surface area contributed by atoms with E-state index in [1.165, 1.54) is 31.2 Å². The van der Waals surface area contributed by atoms with Crippen LogP contribution in [-0.2, 0) is 4.74 Å². The number of phenolic OH excluding ortho intramolecular Hbond substituents is 3. The smallest absolute Gasteiger partial charge is 0.205 e. The summed E-state index contributed by atoms with van der Waals surface area (Å²) in [5, 5.41) is 71.8. The zero-order chi connectivity index (χ0) is 22.7. The number of aliphatic hydroxyl groups excluding tert-OH is 3. The van der Waals surface area contributed by atoms with Gasteiger partial charge in [0.15, 0.2) is 23.2 Å². The second-order valence-electron chi connectivity index (χ2n) is 7.81. The summed E-state index contributed by atoms with van der Waals surface area (Å²) in [4.78, 5) is 13.5. The van der Waals surface area contributed by atoms with E-state index >= 15 is 0 Å². The molecule has 2 heterocycles. The number of hydrogen-bond donors (Lipinski definition) is 7. The molecule has 10 heteroatoms. The van der Waals surface area contributed by atoms with Gasteiger partial charge in [-0.2, -0.15) is 0 Å². The van der Waals surface area contributed by atoms with Gasteiger partial charge in [0.05, 0.1) is 11.7 Å². The standard InChI is InChI=1S/C21H22O10/c1-8-15(25)16(26)17(27)20(30-8)21(29)18(28)11-4-3-10(22)7-14(11)31-19(21)9-2-5-12(23)13(24)6-9/h2-8,15-17,19-20,22-27,29H,1H3/t8-,15-,16+,17+,19?,20?,21?/m0/s1. The van der Waals surface area contributed by atoms with E-state index in [9.17, 15) is 40.5 Å². The maximum absolute atomic E-state index is 13.5. The van der Waals surface area contributed by atoms with E-state index in [2.05, 4.69) is 0 Å². The van der Waals surface area contributed by atoms with Gasteiger partial charge in [0.25, 0.3) is 0 Å². The van der Waals surface area contributed by atoms with E-state index in [1.54, 1.807) is 0 Å². The molecule has 10 nitrogen and oxygen atoms in total. The highest BCUT2D eigenvalue weighted by molar-refractivity contribution is 6.06. The van der Waals surface area contributed by atoms with Crippen molar-refractivity contribution < 1.29 is 50.0 Å². The lowest BCUT2D eigenvalue weighted by Crippen LogP contribution is -2.69. The first-order valence-corrected chi connectivity index (χ1v) is 9.54. The van der Waals surface area contributed by atoms with Gasteiger partial charge in [0, 0.05) is 6.07 Å². The highest BCUT2D eigenvalue weighted by Gasteiger charge is 2.62. The number of benzene rings is 2. The number of aromatic hydroxyl groups is 3. The van der Waals surface area contributed by atoms with Gasteiger partial charge in [0.1, 0.15) is 35.9 Å². The third kappa shape index (κ3) is 3.20. The molecular formula is C21H22O10. The van der Waals surface area contributed by atoms with E-state index in [0.717, 1.165) is 12.1 Å². The van der Waals surface area contributed by atoms with Crippen LogP contribution in [0.5, 0.6) is 23.0 Å². The van der Waals surface area contributed by atoms with Gasteiger partial charge in [-0.05, 0) is 36.8 Å². The normalized spacial score (nSPS) is 35.3.